The molecule has 2 N–H and O–H groups in total. The lowest BCUT2D eigenvalue weighted by molar-refractivity contribution is -0.146. The third-order valence-electron chi connectivity index (χ3n) is 8.86. The van der Waals surface area contributed by atoms with Crippen molar-refractivity contribution >= 4 is 17.8 Å². The normalized spacial score (nSPS) is 16.6. The summed E-state index contributed by atoms with van der Waals surface area (Å²) >= 11 is 0. The summed E-state index contributed by atoms with van der Waals surface area (Å²) in [5.41, 5.74) is 6.36. The van der Waals surface area contributed by atoms with E-state index < -0.39 is 0 Å². The Balaban J connectivity index is 0.000000345. The molecular formula is C43H51FN2O5. The molecule has 0 aliphatic heterocycles. The first kappa shape index (κ1) is 38.8. The van der Waals surface area contributed by atoms with Crippen molar-refractivity contribution in [3.05, 3.63) is 125 Å². The third kappa shape index (κ3) is 14.4. The predicted molar refractivity (Wildman–Crippen MR) is 199 cm³/mol. The highest BCUT2D eigenvalue weighted by Gasteiger charge is 2.29. The molecule has 1 aliphatic rings. The topological polar surface area (TPSA) is 93.7 Å². The van der Waals surface area contributed by atoms with Crippen molar-refractivity contribution in [3.8, 4) is 16.9 Å². The van der Waals surface area contributed by atoms with Gasteiger partial charge in [0.1, 0.15) is 18.2 Å². The van der Waals surface area contributed by atoms with Gasteiger partial charge in [-0.05, 0) is 97.9 Å². The number of ether oxygens (including phenoxy) is 2. The lowest BCUT2D eigenvalue weighted by Gasteiger charge is -2.33. The van der Waals surface area contributed by atoms with Gasteiger partial charge in [-0.15, -0.1) is 0 Å². The van der Waals surface area contributed by atoms with Gasteiger partial charge in [-0.2, -0.15) is 0 Å². The number of halogens is 1. The zero-order chi connectivity index (χ0) is 36.6. The van der Waals surface area contributed by atoms with Crippen molar-refractivity contribution < 1.29 is 28.2 Å². The maximum absolute atomic E-state index is 12.9. The molecule has 2 amide bonds. The van der Waals surface area contributed by atoms with Gasteiger partial charge < -0.3 is 20.1 Å². The first-order valence-electron chi connectivity index (χ1n) is 17.8. The molecule has 4 aromatic carbocycles. The van der Waals surface area contributed by atoms with E-state index in [2.05, 4.69) is 17.6 Å². The number of carbonyl (C=O) groups is 3. The second kappa shape index (κ2) is 20.0. The zero-order valence-corrected chi connectivity index (χ0v) is 30.3. The molecule has 5 rings (SSSR count). The fourth-order valence-electron chi connectivity index (χ4n) is 6.29. The van der Waals surface area contributed by atoms with Crippen LogP contribution in [0, 0.1) is 31.5 Å². The Morgan fingerprint density at radius 2 is 1.47 bits per heavy atom. The van der Waals surface area contributed by atoms with Crippen LogP contribution in [0.4, 0.5) is 4.39 Å². The molecule has 0 saturated heterocycles. The molecule has 1 fully saturated rings. The number of aryl methyl sites for hydroxylation is 2. The Bertz CT molecular complexity index is 1690. The van der Waals surface area contributed by atoms with E-state index in [1.807, 2.05) is 92.7 Å². The Kier molecular flexibility index (Phi) is 15.2. The molecule has 0 heterocycles. The van der Waals surface area contributed by atoms with Gasteiger partial charge in [-0.3, -0.25) is 14.4 Å². The van der Waals surface area contributed by atoms with Crippen molar-refractivity contribution in [2.24, 2.45) is 11.8 Å². The van der Waals surface area contributed by atoms with Gasteiger partial charge in [0.15, 0.2) is 0 Å². The lowest BCUT2D eigenvalue weighted by atomic mass is 9.78. The minimum atomic E-state index is -0.207. The summed E-state index contributed by atoms with van der Waals surface area (Å²) in [6.45, 7) is 8.97. The van der Waals surface area contributed by atoms with E-state index >= 15 is 0 Å². The van der Waals surface area contributed by atoms with E-state index in [1.54, 1.807) is 12.1 Å². The van der Waals surface area contributed by atoms with Crippen molar-refractivity contribution in [2.75, 3.05) is 6.61 Å². The van der Waals surface area contributed by atoms with Crippen LogP contribution in [-0.4, -0.2) is 30.4 Å². The maximum atomic E-state index is 12.9. The number of carbonyl (C=O) groups excluding carboxylic acids is 3. The van der Waals surface area contributed by atoms with Gasteiger partial charge in [0.25, 0.3) is 0 Å². The van der Waals surface area contributed by atoms with Crippen LogP contribution >= 0.6 is 0 Å². The second-order valence-electron chi connectivity index (χ2n) is 13.7. The van der Waals surface area contributed by atoms with Gasteiger partial charge in [0.05, 0.1) is 6.61 Å². The molecule has 1 aliphatic carbocycles. The first-order valence-corrected chi connectivity index (χ1v) is 17.8. The van der Waals surface area contributed by atoms with Crippen molar-refractivity contribution in [3.63, 3.8) is 0 Å². The van der Waals surface area contributed by atoms with Crippen molar-refractivity contribution in [1.82, 2.24) is 10.6 Å². The van der Waals surface area contributed by atoms with Crippen LogP contribution in [0.15, 0.2) is 97.1 Å². The fraction of sp³-hybridized carbons (Fsp3) is 0.372. The predicted octanol–water partition coefficient (Wildman–Crippen LogP) is 8.65. The Morgan fingerprint density at radius 3 is 2.14 bits per heavy atom. The number of esters is 1. The van der Waals surface area contributed by atoms with Crippen LogP contribution in [0.5, 0.6) is 5.75 Å². The largest absolute Gasteiger partial charge is 0.494 e. The van der Waals surface area contributed by atoms with E-state index in [1.165, 1.54) is 24.1 Å². The molecule has 4 aromatic rings. The molecule has 7 nitrogen and oxygen atoms in total. The maximum Gasteiger partial charge on any atom is 0.306 e. The molecule has 8 heteroatoms. The highest BCUT2D eigenvalue weighted by molar-refractivity contribution is 5.75. The Labute approximate surface area is 302 Å². The Hall–Kier alpha value is -4.98. The van der Waals surface area contributed by atoms with Crippen LogP contribution in [0.2, 0.25) is 0 Å². The summed E-state index contributed by atoms with van der Waals surface area (Å²) in [5, 5.41) is 5.92. The molecule has 0 spiro atoms. The molecule has 51 heavy (non-hydrogen) atoms. The molecular weight excluding hydrogens is 643 g/mol. The van der Waals surface area contributed by atoms with Gasteiger partial charge in [0, 0.05) is 32.4 Å². The summed E-state index contributed by atoms with van der Waals surface area (Å²) in [6, 6.07) is 30.4. The Morgan fingerprint density at radius 1 is 0.804 bits per heavy atom. The van der Waals surface area contributed by atoms with Gasteiger partial charge in [0.2, 0.25) is 11.8 Å². The molecule has 3 unspecified atom stereocenters. The van der Waals surface area contributed by atoms with Crippen LogP contribution in [0.1, 0.15) is 74.6 Å². The van der Waals surface area contributed by atoms with Crippen molar-refractivity contribution in [1.29, 1.82) is 0 Å². The van der Waals surface area contributed by atoms with Crippen LogP contribution in [-0.2, 0) is 32.3 Å². The van der Waals surface area contributed by atoms with E-state index in [9.17, 15) is 18.8 Å². The second-order valence-corrected chi connectivity index (χ2v) is 13.7. The van der Waals surface area contributed by atoms with Crippen LogP contribution < -0.4 is 15.4 Å². The quantitative estimate of drug-likeness (QED) is 0.108. The summed E-state index contributed by atoms with van der Waals surface area (Å²) < 4.78 is 24.2. The zero-order valence-electron chi connectivity index (χ0n) is 30.3. The molecule has 0 radical (unpaired) electrons. The van der Waals surface area contributed by atoms with Crippen LogP contribution in [0.25, 0.3) is 11.1 Å². The number of nitrogens with one attached hydrogen (secondary N) is 2. The third-order valence-corrected chi connectivity index (χ3v) is 8.86. The summed E-state index contributed by atoms with van der Waals surface area (Å²) in [4.78, 5) is 35.8. The first-order chi connectivity index (χ1) is 24.5. The highest BCUT2D eigenvalue weighted by atomic mass is 19.1. The molecule has 0 aromatic heterocycles. The lowest BCUT2D eigenvalue weighted by Crippen LogP contribution is -2.39. The average Bonchev–Trinajstić information content (AvgIpc) is 3.09. The van der Waals surface area contributed by atoms with E-state index in [-0.39, 0.29) is 42.2 Å². The van der Waals surface area contributed by atoms with Crippen LogP contribution in [0.3, 0.4) is 0 Å². The number of hydrogen-bond acceptors (Lipinski definition) is 5. The highest BCUT2D eigenvalue weighted by Crippen LogP contribution is 2.31. The van der Waals surface area contributed by atoms with E-state index in [0.717, 1.165) is 47.3 Å². The van der Waals surface area contributed by atoms with Gasteiger partial charge in [-0.25, -0.2) is 4.39 Å². The van der Waals surface area contributed by atoms with E-state index in [0.29, 0.717) is 38.3 Å². The number of rotatable bonds is 13. The van der Waals surface area contributed by atoms with E-state index in [4.69, 9.17) is 9.47 Å². The molecule has 1 saturated carbocycles. The fourth-order valence-corrected chi connectivity index (χ4v) is 6.29. The number of hydrogen-bond donors (Lipinski definition) is 2. The minimum Gasteiger partial charge on any atom is -0.494 e. The number of amides is 2. The monoisotopic (exact) mass is 694 g/mol. The molecule has 3 atom stereocenters. The number of benzene rings is 4. The van der Waals surface area contributed by atoms with Gasteiger partial charge >= 0.3 is 5.97 Å². The van der Waals surface area contributed by atoms with Crippen molar-refractivity contribution in [2.45, 2.75) is 85.4 Å². The van der Waals surface area contributed by atoms with Gasteiger partial charge in [-0.1, -0.05) is 90.8 Å². The standard InChI is InChI=1S/C30H40N2O5.C13H11F/c1-21-6-8-24(9-7-21)19-31-29(34)5-4-14-36-28-12-10-25(11-13-28)20-37-30(35)18-26-15-22(2)16-27(17-26)32-23(3)33;1-10-5-7-11(8-6-10)12-3-2-4-13(14)9-12/h6-13,22,26-27H,4-5,14-20H2,1-3H3,(H,31,34)(H,32,33);2-9H,1H3. The molecule has 270 valence electrons. The summed E-state index contributed by atoms with van der Waals surface area (Å²) in [6.07, 6.45) is 4.17. The SMILES string of the molecule is CC(=O)NC1CC(C)CC(CC(=O)OCc2ccc(OCCCC(=O)NCc3ccc(C)cc3)cc2)C1.Cc1ccc(-c2cccc(F)c2)cc1. The average molecular weight is 695 g/mol. The molecule has 0 bridgehead atoms. The smallest absolute Gasteiger partial charge is 0.306 e. The minimum absolute atomic E-state index is 0.00894. The summed E-state index contributed by atoms with van der Waals surface area (Å²) in [5.74, 6) is 1.01. The summed E-state index contributed by atoms with van der Waals surface area (Å²) in [7, 11) is 0.